The Balaban J connectivity index is 2.15. The fraction of sp³-hybridized carbons (Fsp3) is 0.214. The van der Waals surface area contributed by atoms with Crippen molar-refractivity contribution in [3.63, 3.8) is 0 Å². The van der Waals surface area contributed by atoms with Crippen LogP contribution in [0.2, 0.25) is 0 Å². The summed E-state index contributed by atoms with van der Waals surface area (Å²) in [4.78, 5) is 2.35. The molecule has 0 saturated heterocycles. The average Bonchev–Trinajstić information content (AvgIpc) is 2.78. The largest absolute Gasteiger partial charge is 0.460 e. The molecule has 1 heterocycles. The Bertz CT molecular complexity index is 746. The quantitative estimate of drug-likeness (QED) is 0.695. The molecular weight excluding hydrogens is 276 g/mol. The van der Waals surface area contributed by atoms with Gasteiger partial charge in [-0.1, -0.05) is 6.07 Å². The molecule has 0 atom stereocenters. The lowest BCUT2D eigenvalue weighted by Gasteiger charge is -2.05. The molecule has 0 radical (unpaired) electrons. The summed E-state index contributed by atoms with van der Waals surface area (Å²) in [5, 5.41) is 3.70. The van der Waals surface area contributed by atoms with Crippen LogP contribution < -0.4 is 4.83 Å². The second kappa shape index (κ2) is 5.50. The van der Waals surface area contributed by atoms with E-state index in [9.17, 15) is 8.42 Å². The molecule has 0 saturated carbocycles. The Kier molecular flexibility index (Phi) is 3.94. The SMILES string of the molecule is Cc1ccc(/C=N/NS(=O)(=O)c2ccc(C)c(C)c2)o1. The minimum Gasteiger partial charge on any atom is -0.460 e. The highest BCUT2D eigenvalue weighted by molar-refractivity contribution is 7.89. The first-order chi connectivity index (χ1) is 9.38. The topological polar surface area (TPSA) is 71.7 Å². The van der Waals surface area contributed by atoms with E-state index in [-0.39, 0.29) is 4.90 Å². The van der Waals surface area contributed by atoms with Crippen LogP contribution in [0.4, 0.5) is 0 Å². The molecule has 0 amide bonds. The number of sulfonamides is 1. The van der Waals surface area contributed by atoms with Gasteiger partial charge in [-0.2, -0.15) is 18.4 Å². The summed E-state index contributed by atoms with van der Waals surface area (Å²) in [6.07, 6.45) is 1.32. The summed E-state index contributed by atoms with van der Waals surface area (Å²) in [5.74, 6) is 1.23. The summed E-state index contributed by atoms with van der Waals surface area (Å²) in [6.45, 7) is 5.59. The Morgan fingerprint density at radius 2 is 1.85 bits per heavy atom. The first kappa shape index (κ1) is 14.3. The van der Waals surface area contributed by atoms with E-state index >= 15 is 0 Å². The monoisotopic (exact) mass is 292 g/mol. The van der Waals surface area contributed by atoms with Crippen LogP contribution in [0, 0.1) is 20.8 Å². The van der Waals surface area contributed by atoms with Crippen LogP contribution in [0.5, 0.6) is 0 Å². The summed E-state index contributed by atoms with van der Waals surface area (Å²) < 4.78 is 29.3. The molecule has 0 fully saturated rings. The predicted octanol–water partition coefficient (Wildman–Crippen LogP) is 2.52. The van der Waals surface area contributed by atoms with E-state index in [1.807, 2.05) is 13.8 Å². The summed E-state index contributed by atoms with van der Waals surface area (Å²) in [6, 6.07) is 8.42. The van der Waals surface area contributed by atoms with Gasteiger partial charge >= 0.3 is 0 Å². The molecule has 106 valence electrons. The van der Waals surface area contributed by atoms with Crippen molar-refractivity contribution in [3.05, 3.63) is 53.0 Å². The van der Waals surface area contributed by atoms with Crippen molar-refractivity contribution in [3.8, 4) is 0 Å². The molecule has 2 aromatic rings. The minimum absolute atomic E-state index is 0.188. The van der Waals surface area contributed by atoms with E-state index in [0.717, 1.165) is 16.9 Å². The molecule has 0 spiro atoms. The second-order valence-electron chi connectivity index (χ2n) is 4.55. The van der Waals surface area contributed by atoms with Crippen molar-refractivity contribution in [2.24, 2.45) is 5.10 Å². The average molecular weight is 292 g/mol. The maximum atomic E-state index is 12.0. The molecule has 1 N–H and O–H groups in total. The van der Waals surface area contributed by atoms with E-state index in [4.69, 9.17) is 4.42 Å². The second-order valence-corrected chi connectivity index (χ2v) is 6.21. The number of hydrazone groups is 1. The number of aryl methyl sites for hydroxylation is 3. The standard InChI is InChI=1S/C14H16N2O3S/c1-10-4-7-14(8-11(10)2)20(17,18)16-15-9-13-6-5-12(3)19-13/h4-9,16H,1-3H3/b15-9+. The molecule has 0 aliphatic rings. The van der Waals surface area contributed by atoms with Gasteiger partial charge in [-0.15, -0.1) is 0 Å². The number of hydrogen-bond donors (Lipinski definition) is 1. The van der Waals surface area contributed by atoms with Gasteiger partial charge in [0.25, 0.3) is 10.0 Å². The Hall–Kier alpha value is -2.08. The van der Waals surface area contributed by atoms with Gasteiger partial charge in [0, 0.05) is 0 Å². The third kappa shape index (κ3) is 3.27. The Morgan fingerprint density at radius 1 is 1.10 bits per heavy atom. The van der Waals surface area contributed by atoms with Crippen LogP contribution in [-0.4, -0.2) is 14.6 Å². The molecule has 0 unspecified atom stereocenters. The van der Waals surface area contributed by atoms with Crippen molar-refractivity contribution in [1.29, 1.82) is 0 Å². The smallest absolute Gasteiger partial charge is 0.276 e. The zero-order valence-corrected chi connectivity index (χ0v) is 12.4. The fourth-order valence-corrected chi connectivity index (χ4v) is 2.49. The molecule has 0 aliphatic carbocycles. The summed E-state index contributed by atoms with van der Waals surface area (Å²) >= 11 is 0. The van der Waals surface area contributed by atoms with Crippen LogP contribution in [-0.2, 0) is 10.0 Å². The Morgan fingerprint density at radius 3 is 2.45 bits per heavy atom. The lowest BCUT2D eigenvalue weighted by molar-refractivity contribution is 0.527. The van der Waals surface area contributed by atoms with Crippen LogP contribution in [0.3, 0.4) is 0 Å². The van der Waals surface area contributed by atoms with Gasteiger partial charge in [0.1, 0.15) is 11.5 Å². The maximum Gasteiger partial charge on any atom is 0.276 e. The third-order valence-electron chi connectivity index (χ3n) is 2.91. The van der Waals surface area contributed by atoms with Gasteiger partial charge in [-0.25, -0.2) is 0 Å². The third-order valence-corrected chi connectivity index (χ3v) is 4.13. The highest BCUT2D eigenvalue weighted by Gasteiger charge is 2.13. The van der Waals surface area contributed by atoms with E-state index in [0.29, 0.717) is 5.76 Å². The summed E-state index contributed by atoms with van der Waals surface area (Å²) in [7, 11) is -3.65. The molecule has 0 aliphatic heterocycles. The number of hydrogen-bond acceptors (Lipinski definition) is 4. The molecule has 0 bridgehead atoms. The van der Waals surface area contributed by atoms with E-state index in [2.05, 4.69) is 9.93 Å². The minimum atomic E-state index is -3.65. The number of benzene rings is 1. The number of nitrogens with zero attached hydrogens (tertiary/aromatic N) is 1. The van der Waals surface area contributed by atoms with E-state index in [1.54, 1.807) is 37.3 Å². The molecular formula is C14H16N2O3S. The molecule has 1 aromatic carbocycles. The van der Waals surface area contributed by atoms with Crippen LogP contribution in [0.15, 0.2) is 44.7 Å². The zero-order chi connectivity index (χ0) is 14.8. The Labute approximate surface area is 118 Å². The van der Waals surface area contributed by atoms with Crippen molar-refractivity contribution in [2.75, 3.05) is 0 Å². The molecule has 2 rings (SSSR count). The first-order valence-corrected chi connectivity index (χ1v) is 7.55. The van der Waals surface area contributed by atoms with Gasteiger partial charge < -0.3 is 4.42 Å². The highest BCUT2D eigenvalue weighted by Crippen LogP contribution is 2.14. The maximum absolute atomic E-state index is 12.0. The number of furan rings is 1. The molecule has 6 heteroatoms. The predicted molar refractivity (Wildman–Crippen MR) is 77.3 cm³/mol. The van der Waals surface area contributed by atoms with Gasteiger partial charge in [0.15, 0.2) is 0 Å². The van der Waals surface area contributed by atoms with Gasteiger partial charge in [-0.05, 0) is 56.2 Å². The number of nitrogens with one attached hydrogen (secondary N) is 1. The number of rotatable bonds is 4. The van der Waals surface area contributed by atoms with Crippen molar-refractivity contribution < 1.29 is 12.8 Å². The molecule has 1 aromatic heterocycles. The van der Waals surface area contributed by atoms with E-state index in [1.165, 1.54) is 6.21 Å². The lowest BCUT2D eigenvalue weighted by Crippen LogP contribution is -2.18. The van der Waals surface area contributed by atoms with Gasteiger partial charge in [0.05, 0.1) is 11.1 Å². The normalized spacial score (nSPS) is 11.9. The van der Waals surface area contributed by atoms with Gasteiger partial charge in [-0.3, -0.25) is 0 Å². The van der Waals surface area contributed by atoms with Crippen LogP contribution in [0.25, 0.3) is 0 Å². The van der Waals surface area contributed by atoms with Crippen molar-refractivity contribution in [2.45, 2.75) is 25.7 Å². The highest BCUT2D eigenvalue weighted by atomic mass is 32.2. The van der Waals surface area contributed by atoms with Crippen molar-refractivity contribution >= 4 is 16.2 Å². The first-order valence-electron chi connectivity index (χ1n) is 6.07. The zero-order valence-electron chi connectivity index (χ0n) is 11.5. The molecule has 5 nitrogen and oxygen atoms in total. The van der Waals surface area contributed by atoms with Crippen molar-refractivity contribution in [1.82, 2.24) is 4.83 Å². The van der Waals surface area contributed by atoms with E-state index < -0.39 is 10.0 Å². The fourth-order valence-electron chi connectivity index (χ4n) is 1.62. The lowest BCUT2D eigenvalue weighted by atomic mass is 10.1. The van der Waals surface area contributed by atoms with Gasteiger partial charge in [0.2, 0.25) is 0 Å². The molecule has 20 heavy (non-hydrogen) atoms. The van der Waals surface area contributed by atoms with Crippen LogP contribution in [0.1, 0.15) is 22.6 Å². The summed E-state index contributed by atoms with van der Waals surface area (Å²) in [5.41, 5.74) is 1.96. The van der Waals surface area contributed by atoms with Crippen LogP contribution >= 0.6 is 0 Å².